The van der Waals surface area contributed by atoms with E-state index in [2.05, 4.69) is 0 Å². The number of carbonyl (C=O) groups is 1. The maximum Gasteiger partial charge on any atom is 0.222 e. The Morgan fingerprint density at radius 3 is 2.64 bits per heavy atom. The monoisotopic (exact) mass is 200 g/mol. The van der Waals surface area contributed by atoms with Gasteiger partial charge in [0.15, 0.2) is 0 Å². The number of amides is 1. The summed E-state index contributed by atoms with van der Waals surface area (Å²) >= 11 is 0. The smallest absolute Gasteiger partial charge is 0.222 e. The van der Waals surface area contributed by atoms with Gasteiger partial charge in [0.05, 0.1) is 6.61 Å². The molecule has 0 aromatic heterocycles. The molecular formula is C10H20N2O2. The topological polar surface area (TPSA) is 66.6 Å². The minimum Gasteiger partial charge on any atom is -0.395 e. The zero-order valence-electron chi connectivity index (χ0n) is 8.61. The summed E-state index contributed by atoms with van der Waals surface area (Å²) in [6.45, 7) is 1.21. The quantitative estimate of drug-likeness (QED) is 0.573. The average Bonchev–Trinajstić information content (AvgIpc) is 2.98. The van der Waals surface area contributed by atoms with Crippen LogP contribution in [-0.4, -0.2) is 41.7 Å². The maximum absolute atomic E-state index is 11.7. The number of aliphatic hydroxyl groups excluding tert-OH is 1. The van der Waals surface area contributed by atoms with Crippen molar-refractivity contribution in [3.05, 3.63) is 0 Å². The van der Waals surface area contributed by atoms with Crippen LogP contribution in [0.15, 0.2) is 0 Å². The summed E-state index contributed by atoms with van der Waals surface area (Å²) in [5.74, 6) is 0.176. The number of carbonyl (C=O) groups excluding carboxylic acids is 1. The van der Waals surface area contributed by atoms with E-state index in [1.165, 1.54) is 0 Å². The van der Waals surface area contributed by atoms with Gasteiger partial charge < -0.3 is 15.7 Å². The van der Waals surface area contributed by atoms with Crippen molar-refractivity contribution in [1.82, 2.24) is 4.90 Å². The van der Waals surface area contributed by atoms with Crippen LogP contribution in [0.4, 0.5) is 0 Å². The molecule has 0 aromatic carbocycles. The van der Waals surface area contributed by atoms with Gasteiger partial charge in [0, 0.05) is 19.0 Å². The molecule has 1 aliphatic carbocycles. The van der Waals surface area contributed by atoms with Gasteiger partial charge in [-0.1, -0.05) is 0 Å². The Balaban J connectivity index is 2.23. The molecule has 82 valence electrons. The second-order valence-corrected chi connectivity index (χ2v) is 3.79. The zero-order chi connectivity index (χ0) is 10.4. The van der Waals surface area contributed by atoms with E-state index in [9.17, 15) is 4.79 Å². The van der Waals surface area contributed by atoms with E-state index in [-0.39, 0.29) is 12.5 Å². The molecular weight excluding hydrogens is 180 g/mol. The van der Waals surface area contributed by atoms with Gasteiger partial charge in [-0.15, -0.1) is 0 Å². The predicted octanol–water partition coefficient (Wildman–Crippen LogP) is 0.0987. The highest BCUT2D eigenvalue weighted by atomic mass is 16.3. The largest absolute Gasteiger partial charge is 0.395 e. The van der Waals surface area contributed by atoms with Crippen molar-refractivity contribution in [3.63, 3.8) is 0 Å². The van der Waals surface area contributed by atoms with Crippen LogP contribution in [0.3, 0.4) is 0 Å². The highest BCUT2D eigenvalue weighted by Crippen LogP contribution is 2.27. The third-order valence-corrected chi connectivity index (χ3v) is 2.49. The van der Waals surface area contributed by atoms with Gasteiger partial charge >= 0.3 is 0 Å². The first-order valence-corrected chi connectivity index (χ1v) is 5.40. The Morgan fingerprint density at radius 2 is 2.14 bits per heavy atom. The molecule has 0 bridgehead atoms. The fourth-order valence-corrected chi connectivity index (χ4v) is 1.57. The number of hydrogen-bond acceptors (Lipinski definition) is 3. The van der Waals surface area contributed by atoms with Crippen molar-refractivity contribution >= 4 is 5.91 Å². The van der Waals surface area contributed by atoms with Crippen LogP contribution < -0.4 is 5.73 Å². The Bertz CT molecular complexity index is 181. The van der Waals surface area contributed by atoms with Gasteiger partial charge in [-0.3, -0.25) is 4.79 Å². The number of nitrogens with two attached hydrogens (primary N) is 1. The summed E-state index contributed by atoms with van der Waals surface area (Å²) in [5, 5.41) is 8.82. The van der Waals surface area contributed by atoms with E-state index in [1.807, 2.05) is 4.90 Å². The van der Waals surface area contributed by atoms with Crippen molar-refractivity contribution in [2.75, 3.05) is 19.7 Å². The highest BCUT2D eigenvalue weighted by molar-refractivity contribution is 5.76. The van der Waals surface area contributed by atoms with Gasteiger partial charge in [-0.25, -0.2) is 0 Å². The van der Waals surface area contributed by atoms with Gasteiger partial charge in [-0.2, -0.15) is 0 Å². The molecule has 1 fully saturated rings. The van der Waals surface area contributed by atoms with Crippen LogP contribution in [-0.2, 0) is 4.79 Å². The minimum absolute atomic E-state index is 0.0686. The highest BCUT2D eigenvalue weighted by Gasteiger charge is 2.31. The van der Waals surface area contributed by atoms with Crippen molar-refractivity contribution in [1.29, 1.82) is 0 Å². The van der Waals surface area contributed by atoms with Crippen LogP contribution in [0, 0.1) is 0 Å². The lowest BCUT2D eigenvalue weighted by molar-refractivity contribution is -0.132. The summed E-state index contributed by atoms with van der Waals surface area (Å²) in [6, 6.07) is 0.410. The lowest BCUT2D eigenvalue weighted by Crippen LogP contribution is -2.35. The van der Waals surface area contributed by atoms with Crippen molar-refractivity contribution in [3.8, 4) is 0 Å². The molecule has 0 unspecified atom stereocenters. The van der Waals surface area contributed by atoms with Crippen LogP contribution in [0.25, 0.3) is 0 Å². The van der Waals surface area contributed by atoms with E-state index in [4.69, 9.17) is 10.8 Å². The normalized spacial score (nSPS) is 15.6. The lowest BCUT2D eigenvalue weighted by Gasteiger charge is -2.21. The molecule has 0 aliphatic heterocycles. The van der Waals surface area contributed by atoms with Crippen molar-refractivity contribution in [2.24, 2.45) is 5.73 Å². The number of aliphatic hydroxyl groups is 1. The van der Waals surface area contributed by atoms with Gasteiger partial charge in [0.25, 0.3) is 0 Å². The predicted molar refractivity (Wildman–Crippen MR) is 54.7 cm³/mol. The third-order valence-electron chi connectivity index (χ3n) is 2.49. The van der Waals surface area contributed by atoms with Gasteiger partial charge in [0.1, 0.15) is 0 Å². The number of rotatable bonds is 7. The molecule has 4 nitrogen and oxygen atoms in total. The Morgan fingerprint density at radius 1 is 1.43 bits per heavy atom. The molecule has 0 spiro atoms. The molecule has 14 heavy (non-hydrogen) atoms. The molecule has 1 saturated carbocycles. The van der Waals surface area contributed by atoms with Crippen molar-refractivity contribution in [2.45, 2.75) is 38.1 Å². The molecule has 4 heteroatoms. The van der Waals surface area contributed by atoms with Gasteiger partial charge in [0.2, 0.25) is 5.91 Å². The molecule has 0 aromatic rings. The zero-order valence-corrected chi connectivity index (χ0v) is 8.61. The first-order valence-electron chi connectivity index (χ1n) is 5.40. The Labute approximate surface area is 85.1 Å². The first-order chi connectivity index (χ1) is 6.79. The SMILES string of the molecule is NCCCCC(=O)N(CCO)C1CC1. The number of unbranched alkanes of at least 4 members (excludes halogenated alkanes) is 1. The molecule has 1 rings (SSSR count). The van der Waals surface area contributed by atoms with E-state index >= 15 is 0 Å². The van der Waals surface area contributed by atoms with Gasteiger partial charge in [-0.05, 0) is 32.2 Å². The average molecular weight is 200 g/mol. The minimum atomic E-state index is 0.0686. The molecule has 0 radical (unpaired) electrons. The summed E-state index contributed by atoms with van der Waals surface area (Å²) in [7, 11) is 0. The molecule has 3 N–H and O–H groups in total. The molecule has 1 aliphatic rings. The summed E-state index contributed by atoms with van der Waals surface area (Å²) in [4.78, 5) is 13.5. The standard InChI is InChI=1S/C10H20N2O2/c11-6-2-1-3-10(14)12(7-8-13)9-4-5-9/h9,13H,1-8,11H2. The lowest BCUT2D eigenvalue weighted by atomic mass is 10.2. The summed E-state index contributed by atoms with van der Waals surface area (Å²) < 4.78 is 0. The van der Waals surface area contributed by atoms with Crippen LogP contribution in [0.1, 0.15) is 32.1 Å². The number of hydrogen-bond donors (Lipinski definition) is 2. The van der Waals surface area contributed by atoms with E-state index in [0.717, 1.165) is 25.7 Å². The van der Waals surface area contributed by atoms with E-state index in [1.54, 1.807) is 0 Å². The molecule has 1 amide bonds. The number of nitrogens with zero attached hydrogens (tertiary/aromatic N) is 1. The Hall–Kier alpha value is -0.610. The Kier molecular flexibility index (Phi) is 4.90. The van der Waals surface area contributed by atoms with Crippen LogP contribution in [0.5, 0.6) is 0 Å². The third kappa shape index (κ3) is 3.64. The second kappa shape index (κ2) is 5.98. The molecule has 0 atom stereocenters. The maximum atomic E-state index is 11.7. The molecule has 0 saturated heterocycles. The molecule has 0 heterocycles. The fourth-order valence-electron chi connectivity index (χ4n) is 1.57. The van der Waals surface area contributed by atoms with Crippen LogP contribution >= 0.6 is 0 Å². The van der Waals surface area contributed by atoms with Crippen molar-refractivity contribution < 1.29 is 9.90 Å². The first kappa shape index (κ1) is 11.5. The van der Waals surface area contributed by atoms with Crippen LogP contribution in [0.2, 0.25) is 0 Å². The fraction of sp³-hybridized carbons (Fsp3) is 0.900. The van der Waals surface area contributed by atoms with E-state index < -0.39 is 0 Å². The second-order valence-electron chi connectivity index (χ2n) is 3.79. The van der Waals surface area contributed by atoms with E-state index in [0.29, 0.717) is 25.6 Å². The summed E-state index contributed by atoms with van der Waals surface area (Å²) in [5.41, 5.74) is 5.36. The summed E-state index contributed by atoms with van der Waals surface area (Å²) in [6.07, 6.45) is 4.55.